The third-order valence-corrected chi connectivity index (χ3v) is 4.28. The van der Waals surface area contributed by atoms with Crippen molar-refractivity contribution in [3.05, 3.63) is 35.5 Å². The van der Waals surface area contributed by atoms with Gasteiger partial charge in [-0.2, -0.15) is 0 Å². The number of aliphatic hydroxyl groups excluding tert-OH is 1. The minimum Gasteiger partial charge on any atom is -0.393 e. The van der Waals surface area contributed by atoms with E-state index in [4.69, 9.17) is 0 Å². The number of benzene rings is 1. The fraction of sp³-hybridized carbons (Fsp3) is 0.500. The first-order valence-corrected chi connectivity index (χ1v) is 7.08. The van der Waals surface area contributed by atoms with E-state index >= 15 is 0 Å². The molecule has 1 aromatic carbocycles. The molecule has 1 fully saturated rings. The number of aliphatic hydroxyl groups is 1. The van der Waals surface area contributed by atoms with Crippen LogP contribution in [0.3, 0.4) is 0 Å². The second-order valence-corrected chi connectivity index (χ2v) is 5.81. The molecule has 0 bridgehead atoms. The Morgan fingerprint density at radius 3 is 3.05 bits per heavy atom. The summed E-state index contributed by atoms with van der Waals surface area (Å²) in [5.41, 5.74) is 3.93. The predicted octanol–water partition coefficient (Wildman–Crippen LogP) is 2.00. The van der Waals surface area contributed by atoms with Crippen molar-refractivity contribution in [2.24, 2.45) is 13.0 Å². The molecule has 2 heterocycles. The molecule has 0 saturated carbocycles. The van der Waals surface area contributed by atoms with Gasteiger partial charge in [0.05, 0.1) is 6.10 Å². The molecule has 2 N–H and O–H groups in total. The van der Waals surface area contributed by atoms with Crippen LogP contribution in [0.2, 0.25) is 0 Å². The largest absolute Gasteiger partial charge is 0.393 e. The molecule has 2 aromatic rings. The molecule has 0 radical (unpaired) electrons. The number of aryl methyl sites for hydroxylation is 2. The van der Waals surface area contributed by atoms with Gasteiger partial charge in [-0.15, -0.1) is 0 Å². The van der Waals surface area contributed by atoms with Gasteiger partial charge in [0.1, 0.15) is 0 Å². The van der Waals surface area contributed by atoms with Crippen LogP contribution in [-0.4, -0.2) is 28.9 Å². The van der Waals surface area contributed by atoms with E-state index in [1.54, 1.807) is 0 Å². The van der Waals surface area contributed by atoms with Gasteiger partial charge in [0, 0.05) is 36.6 Å². The van der Waals surface area contributed by atoms with Crippen LogP contribution in [0.25, 0.3) is 10.9 Å². The number of rotatable bonds is 2. The monoisotopic (exact) mass is 258 g/mol. The molecule has 3 heteroatoms. The van der Waals surface area contributed by atoms with Gasteiger partial charge in [-0.25, -0.2) is 0 Å². The molecule has 3 nitrogen and oxygen atoms in total. The van der Waals surface area contributed by atoms with E-state index in [2.05, 4.69) is 48.3 Å². The normalized spacial score (nSPS) is 23.9. The van der Waals surface area contributed by atoms with Crippen LogP contribution >= 0.6 is 0 Å². The van der Waals surface area contributed by atoms with E-state index in [1.807, 2.05) is 0 Å². The van der Waals surface area contributed by atoms with Crippen LogP contribution in [0.4, 0.5) is 0 Å². The quantitative estimate of drug-likeness (QED) is 0.864. The lowest BCUT2D eigenvalue weighted by molar-refractivity contribution is 0.0793. The van der Waals surface area contributed by atoms with E-state index < -0.39 is 0 Å². The first kappa shape index (κ1) is 12.7. The molecule has 0 aliphatic carbocycles. The summed E-state index contributed by atoms with van der Waals surface area (Å²) in [7, 11) is 2.09. The molecular formula is C16H22N2O. The van der Waals surface area contributed by atoms with Gasteiger partial charge < -0.3 is 15.0 Å². The van der Waals surface area contributed by atoms with Gasteiger partial charge in [-0.1, -0.05) is 11.6 Å². The molecule has 1 aliphatic rings. The zero-order valence-electron chi connectivity index (χ0n) is 11.7. The van der Waals surface area contributed by atoms with Gasteiger partial charge in [0.25, 0.3) is 0 Å². The van der Waals surface area contributed by atoms with Crippen LogP contribution in [0.15, 0.2) is 24.4 Å². The van der Waals surface area contributed by atoms with Gasteiger partial charge in [0.2, 0.25) is 0 Å². The SMILES string of the molecule is Cc1ccc2c(c1)c(CC1CNCCC1O)cn2C. The molecule has 102 valence electrons. The Hall–Kier alpha value is -1.32. The molecular weight excluding hydrogens is 236 g/mol. The molecule has 0 amide bonds. The highest BCUT2D eigenvalue weighted by atomic mass is 16.3. The van der Waals surface area contributed by atoms with Gasteiger partial charge in [-0.3, -0.25) is 0 Å². The van der Waals surface area contributed by atoms with E-state index in [-0.39, 0.29) is 6.10 Å². The summed E-state index contributed by atoms with van der Waals surface area (Å²) in [5.74, 6) is 0.333. The van der Waals surface area contributed by atoms with Crippen molar-refractivity contribution < 1.29 is 5.11 Å². The van der Waals surface area contributed by atoms with Gasteiger partial charge in [0.15, 0.2) is 0 Å². The summed E-state index contributed by atoms with van der Waals surface area (Å²) >= 11 is 0. The summed E-state index contributed by atoms with van der Waals surface area (Å²) < 4.78 is 2.19. The molecule has 2 unspecified atom stereocenters. The number of nitrogens with one attached hydrogen (secondary N) is 1. The summed E-state index contributed by atoms with van der Waals surface area (Å²) in [6, 6.07) is 6.60. The zero-order valence-corrected chi connectivity index (χ0v) is 11.7. The number of aromatic nitrogens is 1. The zero-order chi connectivity index (χ0) is 13.4. The van der Waals surface area contributed by atoms with Crippen LogP contribution in [-0.2, 0) is 13.5 Å². The topological polar surface area (TPSA) is 37.2 Å². The fourth-order valence-corrected chi connectivity index (χ4v) is 3.15. The summed E-state index contributed by atoms with van der Waals surface area (Å²) in [5, 5.41) is 14.8. The summed E-state index contributed by atoms with van der Waals surface area (Å²) in [6.45, 7) is 3.99. The second-order valence-electron chi connectivity index (χ2n) is 5.81. The highest BCUT2D eigenvalue weighted by Gasteiger charge is 2.24. The molecule has 0 spiro atoms. The summed E-state index contributed by atoms with van der Waals surface area (Å²) in [4.78, 5) is 0. The molecule has 3 rings (SSSR count). The van der Waals surface area contributed by atoms with Crippen LogP contribution < -0.4 is 5.32 Å². The van der Waals surface area contributed by atoms with Gasteiger partial charge >= 0.3 is 0 Å². The Kier molecular flexibility index (Phi) is 3.33. The minimum atomic E-state index is -0.165. The number of piperidine rings is 1. The Morgan fingerprint density at radius 1 is 1.42 bits per heavy atom. The molecule has 1 aliphatic heterocycles. The number of hydrogen-bond acceptors (Lipinski definition) is 2. The van der Waals surface area contributed by atoms with Crippen LogP contribution in [0.5, 0.6) is 0 Å². The van der Waals surface area contributed by atoms with Gasteiger partial charge in [-0.05, 0) is 44.0 Å². The van der Waals surface area contributed by atoms with Crippen LogP contribution in [0.1, 0.15) is 17.5 Å². The maximum Gasteiger partial charge on any atom is 0.0595 e. The highest BCUT2D eigenvalue weighted by Crippen LogP contribution is 2.26. The lowest BCUT2D eigenvalue weighted by Gasteiger charge is -2.28. The van der Waals surface area contributed by atoms with Crippen molar-refractivity contribution in [3.8, 4) is 0 Å². The number of hydrogen-bond donors (Lipinski definition) is 2. The molecule has 1 aromatic heterocycles. The minimum absolute atomic E-state index is 0.165. The third-order valence-electron chi connectivity index (χ3n) is 4.28. The van der Waals surface area contributed by atoms with Crippen molar-refractivity contribution >= 4 is 10.9 Å². The third kappa shape index (κ3) is 2.40. The summed E-state index contributed by atoms with van der Waals surface area (Å²) in [6.07, 6.45) is 3.87. The lowest BCUT2D eigenvalue weighted by Crippen LogP contribution is -2.40. The Bertz CT molecular complexity index is 588. The van der Waals surface area contributed by atoms with E-state index in [0.717, 1.165) is 25.9 Å². The maximum absolute atomic E-state index is 10.1. The van der Waals surface area contributed by atoms with Crippen molar-refractivity contribution in [2.75, 3.05) is 13.1 Å². The second kappa shape index (κ2) is 4.99. The van der Waals surface area contributed by atoms with E-state index in [1.165, 1.54) is 22.0 Å². The Balaban J connectivity index is 1.94. The molecule has 2 atom stereocenters. The van der Waals surface area contributed by atoms with Crippen molar-refractivity contribution in [2.45, 2.75) is 25.9 Å². The van der Waals surface area contributed by atoms with Crippen molar-refractivity contribution in [1.29, 1.82) is 0 Å². The van der Waals surface area contributed by atoms with Crippen molar-refractivity contribution in [1.82, 2.24) is 9.88 Å². The first-order valence-electron chi connectivity index (χ1n) is 7.08. The molecule has 1 saturated heterocycles. The smallest absolute Gasteiger partial charge is 0.0595 e. The fourth-order valence-electron chi connectivity index (χ4n) is 3.15. The Morgan fingerprint density at radius 2 is 2.26 bits per heavy atom. The predicted molar refractivity (Wildman–Crippen MR) is 78.3 cm³/mol. The Labute approximate surface area is 114 Å². The number of nitrogens with zero attached hydrogens (tertiary/aromatic N) is 1. The first-order chi connectivity index (χ1) is 9.15. The molecule has 19 heavy (non-hydrogen) atoms. The average Bonchev–Trinajstić information content (AvgIpc) is 2.69. The lowest BCUT2D eigenvalue weighted by atomic mass is 9.89. The number of fused-ring (bicyclic) bond motifs is 1. The van der Waals surface area contributed by atoms with E-state index in [9.17, 15) is 5.11 Å². The van der Waals surface area contributed by atoms with Crippen LogP contribution in [0, 0.1) is 12.8 Å². The maximum atomic E-state index is 10.1. The highest BCUT2D eigenvalue weighted by molar-refractivity contribution is 5.84. The van der Waals surface area contributed by atoms with E-state index in [0.29, 0.717) is 5.92 Å². The van der Waals surface area contributed by atoms with Crippen molar-refractivity contribution in [3.63, 3.8) is 0 Å². The standard InChI is InChI=1S/C16H22N2O/c1-11-3-4-15-14(7-11)13(10-18(15)2)8-12-9-17-6-5-16(12)19/h3-4,7,10,12,16-17,19H,5-6,8-9H2,1-2H3. The average molecular weight is 258 g/mol.